The van der Waals surface area contributed by atoms with Crippen molar-refractivity contribution in [2.24, 2.45) is 0 Å². The number of amides is 1. The van der Waals surface area contributed by atoms with Crippen LogP contribution in [-0.2, 0) is 9.53 Å². The Morgan fingerprint density at radius 2 is 2.07 bits per heavy atom. The van der Waals surface area contributed by atoms with Crippen LogP contribution in [0, 0.1) is 0 Å². The van der Waals surface area contributed by atoms with Gasteiger partial charge in [0.15, 0.2) is 0 Å². The molecule has 1 N–H and O–H groups in total. The maximum Gasteiger partial charge on any atom is 0.225 e. The fourth-order valence-corrected chi connectivity index (χ4v) is 2.20. The number of nitrogens with zero attached hydrogens (tertiary/aromatic N) is 1. The minimum absolute atomic E-state index is 0.273. The molecule has 0 aromatic heterocycles. The van der Waals surface area contributed by atoms with Crippen LogP contribution < -0.4 is 5.32 Å². The van der Waals surface area contributed by atoms with Crippen LogP contribution in [0.1, 0.15) is 19.3 Å². The van der Waals surface area contributed by atoms with Gasteiger partial charge >= 0.3 is 0 Å². The van der Waals surface area contributed by atoms with E-state index in [4.69, 9.17) is 4.74 Å². The van der Waals surface area contributed by atoms with Crippen molar-refractivity contribution in [1.82, 2.24) is 10.2 Å². The lowest BCUT2D eigenvalue weighted by atomic mass is 10.0. The van der Waals surface area contributed by atoms with Gasteiger partial charge in [-0.2, -0.15) is 0 Å². The number of carbonyl (C=O) groups excluding carboxylic acids is 1. The van der Waals surface area contributed by atoms with Crippen LogP contribution in [0.5, 0.6) is 0 Å². The quantitative estimate of drug-likeness (QED) is 0.644. The van der Waals surface area contributed by atoms with E-state index >= 15 is 0 Å². The molecule has 0 radical (unpaired) electrons. The first-order valence-corrected chi connectivity index (χ1v) is 5.46. The summed E-state index contributed by atoms with van der Waals surface area (Å²) in [6.07, 6.45) is 2.74. The fraction of sp³-hybridized carbons (Fsp3) is 0.900. The second-order valence-corrected chi connectivity index (χ2v) is 3.93. The molecule has 2 heterocycles. The van der Waals surface area contributed by atoms with Crippen LogP contribution in [0.4, 0.5) is 0 Å². The highest BCUT2D eigenvalue weighted by atomic mass is 16.5. The molecular weight excluding hydrogens is 180 g/mol. The molecular formula is C10H18N2O2. The molecule has 0 bridgehead atoms. The Morgan fingerprint density at radius 3 is 2.86 bits per heavy atom. The van der Waals surface area contributed by atoms with E-state index < -0.39 is 0 Å². The van der Waals surface area contributed by atoms with Crippen molar-refractivity contribution in [2.75, 3.05) is 32.8 Å². The summed E-state index contributed by atoms with van der Waals surface area (Å²) >= 11 is 0. The van der Waals surface area contributed by atoms with Crippen molar-refractivity contribution >= 4 is 5.91 Å². The molecule has 14 heavy (non-hydrogen) atoms. The summed E-state index contributed by atoms with van der Waals surface area (Å²) in [5.74, 6) is 0.273. The Balaban J connectivity index is 1.95. The van der Waals surface area contributed by atoms with E-state index in [1.807, 2.05) is 4.90 Å². The largest absolute Gasteiger partial charge is 0.379 e. The summed E-state index contributed by atoms with van der Waals surface area (Å²) in [5.41, 5.74) is 0. The van der Waals surface area contributed by atoms with E-state index in [0.29, 0.717) is 25.7 Å². The Hall–Kier alpha value is -0.610. The van der Waals surface area contributed by atoms with Crippen molar-refractivity contribution in [3.8, 4) is 0 Å². The maximum absolute atomic E-state index is 11.7. The van der Waals surface area contributed by atoms with E-state index in [0.717, 1.165) is 32.5 Å². The summed E-state index contributed by atoms with van der Waals surface area (Å²) in [6.45, 7) is 4.16. The molecule has 4 nitrogen and oxygen atoms in total. The zero-order chi connectivity index (χ0) is 9.80. The van der Waals surface area contributed by atoms with Gasteiger partial charge in [-0.25, -0.2) is 0 Å². The third-order valence-corrected chi connectivity index (χ3v) is 3.01. The van der Waals surface area contributed by atoms with Crippen molar-refractivity contribution < 1.29 is 9.53 Å². The first-order chi connectivity index (χ1) is 6.88. The molecule has 2 aliphatic heterocycles. The maximum atomic E-state index is 11.7. The van der Waals surface area contributed by atoms with Gasteiger partial charge in [0.25, 0.3) is 0 Å². The molecule has 2 rings (SSSR count). The van der Waals surface area contributed by atoms with Crippen LogP contribution in [0.3, 0.4) is 0 Å². The van der Waals surface area contributed by atoms with Gasteiger partial charge in [-0.15, -0.1) is 0 Å². The van der Waals surface area contributed by atoms with Crippen molar-refractivity contribution in [1.29, 1.82) is 0 Å². The molecule has 0 aliphatic carbocycles. The first kappa shape index (κ1) is 9.93. The lowest BCUT2D eigenvalue weighted by molar-refractivity contribution is -0.133. The van der Waals surface area contributed by atoms with Gasteiger partial charge in [-0.3, -0.25) is 4.79 Å². The van der Waals surface area contributed by atoms with E-state index in [1.165, 1.54) is 0 Å². The standard InChI is InChI=1S/C10H18N2O2/c13-10-3-7-14-8-6-12(10)9-1-4-11-5-2-9/h9,11H,1-8H2. The molecule has 2 aliphatic rings. The summed E-state index contributed by atoms with van der Waals surface area (Å²) in [4.78, 5) is 13.8. The van der Waals surface area contributed by atoms with Gasteiger partial charge in [0.1, 0.15) is 0 Å². The van der Waals surface area contributed by atoms with Gasteiger partial charge in [0.05, 0.1) is 19.6 Å². The monoisotopic (exact) mass is 198 g/mol. The van der Waals surface area contributed by atoms with E-state index in [1.54, 1.807) is 0 Å². The van der Waals surface area contributed by atoms with Crippen molar-refractivity contribution in [2.45, 2.75) is 25.3 Å². The number of hydrogen-bond donors (Lipinski definition) is 1. The zero-order valence-electron chi connectivity index (χ0n) is 8.50. The molecule has 0 saturated carbocycles. The minimum Gasteiger partial charge on any atom is -0.379 e. The van der Waals surface area contributed by atoms with Crippen LogP contribution in [0.25, 0.3) is 0 Å². The highest BCUT2D eigenvalue weighted by molar-refractivity contribution is 5.76. The first-order valence-electron chi connectivity index (χ1n) is 5.46. The average Bonchev–Trinajstić information content (AvgIpc) is 2.44. The predicted octanol–water partition coefficient (Wildman–Crippen LogP) is -0.0127. The van der Waals surface area contributed by atoms with Gasteiger partial charge in [0, 0.05) is 12.6 Å². The fourth-order valence-electron chi connectivity index (χ4n) is 2.20. The second-order valence-electron chi connectivity index (χ2n) is 3.93. The van der Waals surface area contributed by atoms with Gasteiger partial charge in [-0.1, -0.05) is 0 Å². The molecule has 0 aromatic carbocycles. The summed E-state index contributed by atoms with van der Waals surface area (Å²) in [7, 11) is 0. The molecule has 0 aromatic rings. The van der Waals surface area contributed by atoms with Gasteiger partial charge in [-0.05, 0) is 25.9 Å². The lowest BCUT2D eigenvalue weighted by Gasteiger charge is -2.33. The number of piperidine rings is 1. The Bertz CT molecular complexity index is 202. The van der Waals surface area contributed by atoms with Crippen LogP contribution in [0.15, 0.2) is 0 Å². The molecule has 0 atom stereocenters. The van der Waals surface area contributed by atoms with Crippen LogP contribution >= 0.6 is 0 Å². The van der Waals surface area contributed by atoms with Crippen LogP contribution in [-0.4, -0.2) is 49.7 Å². The smallest absolute Gasteiger partial charge is 0.225 e. The number of carbonyl (C=O) groups is 1. The number of rotatable bonds is 1. The summed E-state index contributed by atoms with van der Waals surface area (Å²) in [5, 5.41) is 3.32. The Kier molecular flexibility index (Phi) is 3.37. The molecule has 0 spiro atoms. The Morgan fingerprint density at radius 1 is 1.29 bits per heavy atom. The van der Waals surface area contributed by atoms with Crippen molar-refractivity contribution in [3.63, 3.8) is 0 Å². The number of ether oxygens (including phenoxy) is 1. The highest BCUT2D eigenvalue weighted by Crippen LogP contribution is 2.14. The van der Waals surface area contributed by atoms with Gasteiger partial charge < -0.3 is 15.0 Å². The van der Waals surface area contributed by atoms with E-state index in [-0.39, 0.29) is 5.91 Å². The lowest BCUT2D eigenvalue weighted by Crippen LogP contribution is -2.46. The third kappa shape index (κ3) is 2.25. The Labute approximate surface area is 84.6 Å². The number of hydrogen-bond acceptors (Lipinski definition) is 3. The molecule has 1 amide bonds. The second kappa shape index (κ2) is 4.75. The molecule has 2 saturated heterocycles. The molecule has 80 valence electrons. The third-order valence-electron chi connectivity index (χ3n) is 3.01. The summed E-state index contributed by atoms with van der Waals surface area (Å²) < 4.78 is 5.31. The zero-order valence-corrected chi connectivity index (χ0v) is 8.50. The van der Waals surface area contributed by atoms with Crippen molar-refractivity contribution in [3.05, 3.63) is 0 Å². The summed E-state index contributed by atoms with van der Waals surface area (Å²) in [6, 6.07) is 0.449. The van der Waals surface area contributed by atoms with E-state index in [2.05, 4.69) is 5.32 Å². The highest BCUT2D eigenvalue weighted by Gasteiger charge is 2.26. The molecule has 2 fully saturated rings. The topological polar surface area (TPSA) is 41.6 Å². The normalized spacial score (nSPS) is 26.3. The van der Waals surface area contributed by atoms with Gasteiger partial charge in [0.2, 0.25) is 5.91 Å². The molecule has 4 heteroatoms. The SMILES string of the molecule is O=C1CCOCCN1C1CCNCC1. The molecule has 0 unspecified atom stereocenters. The average molecular weight is 198 g/mol. The van der Waals surface area contributed by atoms with Crippen LogP contribution in [0.2, 0.25) is 0 Å². The van der Waals surface area contributed by atoms with E-state index in [9.17, 15) is 4.79 Å². The number of nitrogens with one attached hydrogen (secondary N) is 1. The predicted molar refractivity (Wildman–Crippen MR) is 53.0 cm³/mol. The minimum atomic E-state index is 0.273.